The van der Waals surface area contributed by atoms with Crippen molar-refractivity contribution < 1.29 is 14.4 Å². The van der Waals surface area contributed by atoms with Crippen molar-refractivity contribution in [1.29, 1.82) is 0 Å². The average molecular weight is 406 g/mol. The van der Waals surface area contributed by atoms with E-state index in [9.17, 15) is 4.79 Å². The molecule has 1 N–H and O–H groups in total. The van der Waals surface area contributed by atoms with Gasteiger partial charge in [0.25, 0.3) is 0 Å². The Balaban J connectivity index is 1.82. The van der Waals surface area contributed by atoms with E-state index < -0.39 is 0 Å². The van der Waals surface area contributed by atoms with E-state index in [4.69, 9.17) is 4.74 Å². The Morgan fingerprint density at radius 2 is 1.80 bits per heavy atom. The number of nitrogens with one attached hydrogen (secondary N) is 1. The van der Waals surface area contributed by atoms with Crippen LogP contribution in [-0.2, 0) is 4.74 Å². The summed E-state index contributed by atoms with van der Waals surface area (Å²) in [7, 11) is 0. The molecule has 1 aliphatic rings. The lowest BCUT2D eigenvalue weighted by Crippen LogP contribution is -3.16. The molecule has 2 heterocycles. The maximum Gasteiger partial charge on any atom is 0.218 e. The number of benzene rings is 1. The summed E-state index contributed by atoms with van der Waals surface area (Å²) in [6.45, 7) is 10.6. The number of ether oxygens (including phenoxy) is 1. The Bertz CT molecular complexity index is 757. The third kappa shape index (κ3) is 4.05. The van der Waals surface area contributed by atoms with E-state index >= 15 is 0 Å². The molecule has 1 saturated heterocycles. The number of aromatic nitrogens is 1. The van der Waals surface area contributed by atoms with Crippen LogP contribution in [0.2, 0.25) is 0 Å². The third-order valence-electron chi connectivity index (χ3n) is 4.84. The summed E-state index contributed by atoms with van der Waals surface area (Å²) in [6, 6.07) is 10.2. The smallest absolute Gasteiger partial charge is 0.218 e. The van der Waals surface area contributed by atoms with Crippen molar-refractivity contribution >= 4 is 21.7 Å². The van der Waals surface area contributed by atoms with E-state index in [1.54, 1.807) is 0 Å². The lowest BCUT2D eigenvalue weighted by Gasteiger charge is -2.31. The summed E-state index contributed by atoms with van der Waals surface area (Å²) in [6.07, 6.45) is 0.420. The van der Waals surface area contributed by atoms with Crippen molar-refractivity contribution in [3.05, 3.63) is 51.8 Å². The number of hydrogen-bond donors (Lipinski definition) is 1. The highest BCUT2D eigenvalue weighted by molar-refractivity contribution is 9.10. The van der Waals surface area contributed by atoms with Crippen LogP contribution in [0.4, 0.5) is 0 Å². The van der Waals surface area contributed by atoms with E-state index in [1.165, 1.54) is 4.90 Å². The number of rotatable bonds is 4. The molecule has 2 atom stereocenters. The van der Waals surface area contributed by atoms with Gasteiger partial charge in [-0.15, -0.1) is 0 Å². The monoisotopic (exact) mass is 405 g/mol. The molecule has 1 aromatic heterocycles. The molecule has 25 heavy (non-hydrogen) atoms. The van der Waals surface area contributed by atoms with Crippen LogP contribution in [0.15, 0.2) is 34.8 Å². The number of halogens is 1. The first kappa shape index (κ1) is 18.4. The second-order valence-electron chi connectivity index (χ2n) is 7.11. The van der Waals surface area contributed by atoms with Gasteiger partial charge in [0, 0.05) is 27.1 Å². The Hall–Kier alpha value is -1.43. The number of nitrogens with zero attached hydrogens (tertiary/aromatic N) is 1. The molecular formula is C20H26BrN2O2+. The number of carbonyl (C=O) groups is 1. The van der Waals surface area contributed by atoms with E-state index in [-0.39, 0.29) is 18.0 Å². The van der Waals surface area contributed by atoms with Gasteiger partial charge < -0.3 is 14.2 Å². The molecule has 1 aromatic carbocycles. The Kier molecular flexibility index (Phi) is 5.46. The predicted octanol–water partition coefficient (Wildman–Crippen LogP) is 2.73. The minimum atomic E-state index is 0.210. The number of morpholine rings is 1. The lowest BCUT2D eigenvalue weighted by atomic mass is 10.1. The molecule has 0 radical (unpaired) electrons. The van der Waals surface area contributed by atoms with Crippen LogP contribution in [0.1, 0.15) is 35.6 Å². The second kappa shape index (κ2) is 7.44. The van der Waals surface area contributed by atoms with Crippen molar-refractivity contribution in [2.75, 3.05) is 19.6 Å². The minimum Gasteiger partial charge on any atom is -0.364 e. The van der Waals surface area contributed by atoms with Crippen molar-refractivity contribution in [3.63, 3.8) is 0 Å². The zero-order valence-corrected chi connectivity index (χ0v) is 16.9. The lowest BCUT2D eigenvalue weighted by molar-refractivity contribution is -0.906. The molecule has 0 bridgehead atoms. The van der Waals surface area contributed by atoms with Gasteiger partial charge in [-0.3, -0.25) is 4.79 Å². The highest BCUT2D eigenvalue weighted by Crippen LogP contribution is 2.22. The summed E-state index contributed by atoms with van der Waals surface area (Å²) in [5, 5.41) is 0. The quantitative estimate of drug-likeness (QED) is 0.793. The van der Waals surface area contributed by atoms with Crippen molar-refractivity contribution in [3.8, 4) is 5.69 Å². The summed E-state index contributed by atoms with van der Waals surface area (Å²) in [4.78, 5) is 14.2. The first-order chi connectivity index (χ1) is 11.8. The van der Waals surface area contributed by atoms with E-state index in [2.05, 4.69) is 53.4 Å². The first-order valence-electron chi connectivity index (χ1n) is 8.82. The third-order valence-corrected chi connectivity index (χ3v) is 5.37. The molecule has 2 unspecified atom stereocenters. The van der Waals surface area contributed by atoms with Crippen LogP contribution in [0.5, 0.6) is 0 Å². The number of aryl methyl sites for hydroxylation is 1. The normalized spacial score (nSPS) is 23.6. The zero-order valence-electron chi connectivity index (χ0n) is 15.3. The van der Waals surface area contributed by atoms with E-state index in [0.717, 1.165) is 40.2 Å². The SMILES string of the molecule is Cc1cc(C(=O)C[NH+]2CC(C)OC(C)C2)c(C)n1-c1ccc(Br)cc1. The zero-order chi connectivity index (χ0) is 18.1. The van der Waals surface area contributed by atoms with Gasteiger partial charge in [0.2, 0.25) is 5.78 Å². The fourth-order valence-corrected chi connectivity index (χ4v) is 4.15. The number of quaternary nitrogens is 1. The summed E-state index contributed by atoms with van der Waals surface area (Å²) < 4.78 is 8.98. The Labute approximate surface area is 157 Å². The van der Waals surface area contributed by atoms with Gasteiger partial charge in [0.05, 0.1) is 0 Å². The standard InChI is InChI=1S/C20H25BrN2O2/c1-13-9-19(16(4)23(13)18-7-5-17(21)6-8-18)20(24)12-22-10-14(2)25-15(3)11-22/h5-9,14-15H,10-12H2,1-4H3/p+1. The van der Waals surface area contributed by atoms with Gasteiger partial charge in [-0.1, -0.05) is 15.9 Å². The summed E-state index contributed by atoms with van der Waals surface area (Å²) >= 11 is 3.47. The van der Waals surface area contributed by atoms with Gasteiger partial charge in [-0.2, -0.15) is 0 Å². The maximum absolute atomic E-state index is 12.9. The van der Waals surface area contributed by atoms with Crippen molar-refractivity contribution in [2.45, 2.75) is 39.9 Å². The molecule has 2 aromatic rings. The summed E-state index contributed by atoms with van der Waals surface area (Å²) in [5.74, 6) is 0.216. The second-order valence-corrected chi connectivity index (χ2v) is 8.03. The average Bonchev–Trinajstić information content (AvgIpc) is 2.82. The predicted molar refractivity (Wildman–Crippen MR) is 103 cm³/mol. The summed E-state index contributed by atoms with van der Waals surface area (Å²) in [5.41, 5.74) is 4.01. The highest BCUT2D eigenvalue weighted by atomic mass is 79.9. The Morgan fingerprint density at radius 1 is 1.20 bits per heavy atom. The molecular weight excluding hydrogens is 380 g/mol. The fraction of sp³-hybridized carbons (Fsp3) is 0.450. The maximum atomic E-state index is 12.9. The van der Waals surface area contributed by atoms with Gasteiger partial charge in [-0.05, 0) is 58.0 Å². The van der Waals surface area contributed by atoms with Crippen LogP contribution >= 0.6 is 15.9 Å². The Morgan fingerprint density at radius 3 is 2.40 bits per heavy atom. The van der Waals surface area contributed by atoms with Gasteiger partial charge in [0.15, 0.2) is 0 Å². The molecule has 0 saturated carbocycles. The molecule has 0 spiro atoms. The van der Waals surface area contributed by atoms with Gasteiger partial charge in [-0.25, -0.2) is 0 Å². The van der Waals surface area contributed by atoms with E-state index in [0.29, 0.717) is 6.54 Å². The van der Waals surface area contributed by atoms with Crippen LogP contribution in [0.25, 0.3) is 5.69 Å². The topological polar surface area (TPSA) is 35.7 Å². The van der Waals surface area contributed by atoms with Gasteiger partial charge >= 0.3 is 0 Å². The largest absolute Gasteiger partial charge is 0.364 e. The van der Waals surface area contributed by atoms with E-state index in [1.807, 2.05) is 25.1 Å². The first-order valence-corrected chi connectivity index (χ1v) is 9.61. The molecule has 0 amide bonds. The molecule has 3 rings (SSSR count). The van der Waals surface area contributed by atoms with Crippen molar-refractivity contribution in [1.82, 2.24) is 4.57 Å². The number of ketones is 1. The van der Waals surface area contributed by atoms with Gasteiger partial charge in [0.1, 0.15) is 31.8 Å². The molecule has 4 nitrogen and oxygen atoms in total. The number of Topliss-reactive ketones (excluding diaryl/α,β-unsaturated/α-hetero) is 1. The number of carbonyl (C=O) groups excluding carboxylic acids is 1. The molecule has 1 fully saturated rings. The number of hydrogen-bond acceptors (Lipinski definition) is 2. The molecule has 1 aliphatic heterocycles. The van der Waals surface area contributed by atoms with Crippen LogP contribution in [0, 0.1) is 13.8 Å². The molecule has 5 heteroatoms. The minimum absolute atomic E-state index is 0.210. The van der Waals surface area contributed by atoms with Crippen LogP contribution in [-0.4, -0.2) is 42.2 Å². The van der Waals surface area contributed by atoms with Crippen LogP contribution < -0.4 is 4.90 Å². The fourth-order valence-electron chi connectivity index (χ4n) is 3.89. The molecule has 0 aliphatic carbocycles. The molecule has 134 valence electrons. The van der Waals surface area contributed by atoms with Crippen molar-refractivity contribution in [2.24, 2.45) is 0 Å². The highest BCUT2D eigenvalue weighted by Gasteiger charge is 2.28. The van der Waals surface area contributed by atoms with Crippen LogP contribution in [0.3, 0.4) is 0 Å².